The second-order valence-electron chi connectivity index (χ2n) is 6.10. The minimum Gasteiger partial charge on any atom is -0.387 e. The van der Waals surface area contributed by atoms with E-state index in [4.69, 9.17) is 19.4 Å². The normalized spacial score (nSPS) is 31.2. The summed E-state index contributed by atoms with van der Waals surface area (Å²) < 4.78 is 50.9. The van der Waals surface area contributed by atoms with Crippen LogP contribution in [-0.2, 0) is 31.6 Å². The van der Waals surface area contributed by atoms with Gasteiger partial charge in [0.1, 0.15) is 17.8 Å². The molecule has 1 aliphatic heterocycles. The van der Waals surface area contributed by atoms with E-state index in [1.54, 1.807) is 0 Å². The van der Waals surface area contributed by atoms with E-state index in [0.717, 1.165) is 23.8 Å². The Kier molecular flexibility index (Phi) is 7.14. The fourth-order valence-corrected chi connectivity index (χ4v) is 5.49. The number of aliphatic hydroxyl groups excluding tert-OH is 1. The predicted molar refractivity (Wildman–Crippen MR) is 91.7 cm³/mol. The van der Waals surface area contributed by atoms with Crippen LogP contribution in [0.1, 0.15) is 13.2 Å². The van der Waals surface area contributed by atoms with Crippen LogP contribution in [0, 0.1) is 0 Å². The minimum absolute atomic E-state index is 0.718. The fraction of sp³-hybridized carbons (Fsp3) is 0.600. The largest absolute Gasteiger partial charge is 0.490 e. The summed E-state index contributed by atoms with van der Waals surface area (Å²) in [6.07, 6.45) is -4.08. The molecule has 1 saturated heterocycles. The quantitative estimate of drug-likeness (QED) is 0.189. The van der Waals surface area contributed by atoms with E-state index in [9.17, 15) is 38.4 Å². The molecule has 0 radical (unpaired) electrons. The second-order valence-corrected chi connectivity index (χ2v) is 10.5. The summed E-state index contributed by atoms with van der Waals surface area (Å²) in [7, 11) is -16.8. The van der Waals surface area contributed by atoms with Crippen LogP contribution in [0.15, 0.2) is 21.9 Å². The molecule has 0 aliphatic carbocycles. The summed E-state index contributed by atoms with van der Waals surface area (Å²) in [6.45, 7) is -0.0136. The lowest BCUT2D eigenvalue weighted by Gasteiger charge is -2.27. The summed E-state index contributed by atoms with van der Waals surface area (Å²) in [6, 6.07) is 0.923. The van der Waals surface area contributed by atoms with Crippen LogP contribution < -0.4 is 11.2 Å². The van der Waals surface area contributed by atoms with E-state index in [-0.39, 0.29) is 0 Å². The lowest BCUT2D eigenvalue weighted by Crippen LogP contribution is -2.46. The first kappa shape index (κ1) is 25.2. The van der Waals surface area contributed by atoms with Crippen LogP contribution in [0.3, 0.4) is 0 Å². The third kappa shape index (κ3) is 6.24. The maximum absolute atomic E-state index is 11.9. The molecule has 20 heteroatoms. The topological polar surface area (TPSA) is 264 Å². The molecule has 2 heterocycles. The van der Waals surface area contributed by atoms with Crippen LogP contribution in [-0.4, -0.2) is 63.8 Å². The monoisotopic (exact) mass is 498 g/mol. The maximum Gasteiger partial charge on any atom is 0.490 e. The highest BCUT2D eigenvalue weighted by Gasteiger charge is 2.54. The molecule has 2 unspecified atom stereocenters. The smallest absolute Gasteiger partial charge is 0.387 e. The number of nitrogens with zero attached hydrogens (tertiary/aromatic N) is 1. The molecular weight excluding hydrogens is 481 g/mol. The molecule has 172 valence electrons. The Morgan fingerprint density at radius 3 is 2.30 bits per heavy atom. The number of rotatable bonds is 8. The van der Waals surface area contributed by atoms with E-state index in [0.29, 0.717) is 0 Å². The van der Waals surface area contributed by atoms with Gasteiger partial charge in [-0.05, 0) is 6.92 Å². The molecule has 1 aromatic rings. The molecule has 30 heavy (non-hydrogen) atoms. The second kappa shape index (κ2) is 8.48. The van der Waals surface area contributed by atoms with Crippen molar-refractivity contribution in [3.05, 3.63) is 33.1 Å². The van der Waals surface area contributed by atoms with E-state index in [1.165, 1.54) is 0 Å². The number of ether oxygens (including phenoxy) is 1. The number of aliphatic hydroxyl groups is 2. The van der Waals surface area contributed by atoms with Crippen molar-refractivity contribution >= 4 is 23.5 Å². The third-order valence-corrected chi connectivity index (χ3v) is 7.48. The highest BCUT2D eigenvalue weighted by molar-refractivity contribution is 7.66. The molecule has 7 N–H and O–H groups in total. The number of phosphoric ester groups is 1. The van der Waals surface area contributed by atoms with Gasteiger partial charge in [0.15, 0.2) is 6.23 Å². The van der Waals surface area contributed by atoms with Gasteiger partial charge >= 0.3 is 29.2 Å². The van der Waals surface area contributed by atoms with Gasteiger partial charge in [0.25, 0.3) is 5.56 Å². The molecule has 0 aromatic carbocycles. The van der Waals surface area contributed by atoms with Crippen molar-refractivity contribution in [1.82, 2.24) is 9.55 Å². The number of hydrogen-bond acceptors (Lipinski definition) is 11. The summed E-state index contributed by atoms with van der Waals surface area (Å²) in [4.78, 5) is 60.3. The molecule has 0 bridgehead atoms. The van der Waals surface area contributed by atoms with Gasteiger partial charge in [-0.2, -0.15) is 8.62 Å². The molecule has 2 rings (SSSR count). The van der Waals surface area contributed by atoms with Gasteiger partial charge in [-0.3, -0.25) is 18.9 Å². The van der Waals surface area contributed by atoms with Crippen LogP contribution in [0.25, 0.3) is 0 Å². The molecule has 0 spiro atoms. The van der Waals surface area contributed by atoms with Crippen LogP contribution in [0.2, 0.25) is 0 Å². The molecule has 1 aliphatic rings. The minimum atomic E-state index is -5.74. The SMILES string of the molecule is C[C@]1(O)[C@H](O)[C@@H](COP(=O)(O)OP(=O)(O)OP(=O)(O)O)O[C@H]1n1ccc(=O)[nH]c1=O. The number of nitrogens with one attached hydrogen (secondary N) is 1. The van der Waals surface area contributed by atoms with Gasteiger partial charge < -0.3 is 34.5 Å². The molecule has 6 atom stereocenters. The van der Waals surface area contributed by atoms with E-state index < -0.39 is 65.4 Å². The predicted octanol–water partition coefficient (Wildman–Crippen LogP) is -2.11. The number of aromatic amines is 1. The Labute approximate surface area is 165 Å². The Morgan fingerprint density at radius 2 is 1.77 bits per heavy atom. The zero-order valence-electron chi connectivity index (χ0n) is 14.7. The Morgan fingerprint density at radius 1 is 1.17 bits per heavy atom. The Hall–Kier alpha value is -1.03. The molecule has 1 aromatic heterocycles. The number of phosphoric acid groups is 3. The van der Waals surface area contributed by atoms with Crippen molar-refractivity contribution in [2.75, 3.05) is 6.61 Å². The zero-order valence-corrected chi connectivity index (χ0v) is 17.4. The summed E-state index contributed by atoms with van der Waals surface area (Å²) in [5.74, 6) is 0. The number of hydrogen-bond donors (Lipinski definition) is 7. The van der Waals surface area contributed by atoms with Crippen molar-refractivity contribution in [1.29, 1.82) is 0 Å². The average molecular weight is 498 g/mol. The maximum atomic E-state index is 11.9. The molecule has 17 nitrogen and oxygen atoms in total. The lowest BCUT2D eigenvalue weighted by atomic mass is 9.96. The standard InChI is InChI=1S/C10H17N2O15P3/c1-10(16)7(14)5(25-8(10)12-3-2-6(13)11-9(12)15)4-24-29(20,21)27-30(22,23)26-28(17,18)19/h2-3,5,7-8,14,16H,4H2,1H3,(H,20,21)(H,22,23)(H,11,13,15)(H2,17,18,19)/t5-,7-,8-,10+/m1/s1. The first-order valence-electron chi connectivity index (χ1n) is 7.59. The molecule has 0 saturated carbocycles. The van der Waals surface area contributed by atoms with E-state index in [2.05, 4.69) is 13.1 Å². The van der Waals surface area contributed by atoms with Gasteiger partial charge in [0.2, 0.25) is 0 Å². The first-order valence-corrected chi connectivity index (χ1v) is 12.1. The fourth-order valence-electron chi connectivity index (χ4n) is 2.46. The van der Waals surface area contributed by atoms with Gasteiger partial charge in [-0.25, -0.2) is 18.5 Å². The van der Waals surface area contributed by atoms with Gasteiger partial charge in [-0.1, -0.05) is 0 Å². The van der Waals surface area contributed by atoms with Crippen molar-refractivity contribution in [2.24, 2.45) is 0 Å². The zero-order chi connectivity index (χ0) is 23.1. The number of aromatic nitrogens is 2. The molecular formula is C10H17N2O15P3. The van der Waals surface area contributed by atoms with Gasteiger partial charge in [0, 0.05) is 12.3 Å². The van der Waals surface area contributed by atoms with Crippen LogP contribution in [0.4, 0.5) is 0 Å². The van der Waals surface area contributed by atoms with Crippen molar-refractivity contribution in [2.45, 2.75) is 31.0 Å². The van der Waals surface area contributed by atoms with Gasteiger partial charge in [0.05, 0.1) is 6.61 Å². The lowest BCUT2D eigenvalue weighted by molar-refractivity contribution is -0.0986. The van der Waals surface area contributed by atoms with Crippen molar-refractivity contribution in [3.8, 4) is 0 Å². The van der Waals surface area contributed by atoms with Crippen molar-refractivity contribution < 1.29 is 61.4 Å². The first-order chi connectivity index (χ1) is 13.4. The van der Waals surface area contributed by atoms with E-state index in [1.807, 2.05) is 4.98 Å². The number of H-pyrrole nitrogens is 1. The molecule has 0 amide bonds. The molecule has 1 fully saturated rings. The van der Waals surface area contributed by atoms with E-state index >= 15 is 0 Å². The highest BCUT2D eigenvalue weighted by atomic mass is 31.3. The van der Waals surface area contributed by atoms with Crippen molar-refractivity contribution in [3.63, 3.8) is 0 Å². The Bertz CT molecular complexity index is 1040. The summed E-state index contributed by atoms with van der Waals surface area (Å²) in [5, 5.41) is 20.6. The van der Waals surface area contributed by atoms with Crippen LogP contribution in [0.5, 0.6) is 0 Å². The third-order valence-electron chi connectivity index (χ3n) is 3.68. The highest BCUT2D eigenvalue weighted by Crippen LogP contribution is 2.66. The average Bonchev–Trinajstić information content (AvgIpc) is 2.73. The van der Waals surface area contributed by atoms with Gasteiger partial charge in [-0.15, -0.1) is 0 Å². The summed E-state index contributed by atoms with van der Waals surface area (Å²) >= 11 is 0. The summed E-state index contributed by atoms with van der Waals surface area (Å²) in [5.41, 5.74) is -3.93. The van der Waals surface area contributed by atoms with Crippen LogP contribution >= 0.6 is 23.5 Å². The Balaban J connectivity index is 2.13.